The Labute approximate surface area is 177 Å². The highest BCUT2D eigenvalue weighted by Crippen LogP contribution is 2.38. The van der Waals surface area contributed by atoms with Gasteiger partial charge in [0.25, 0.3) is 0 Å². The summed E-state index contributed by atoms with van der Waals surface area (Å²) >= 11 is 1.55. The first kappa shape index (κ1) is 19.7. The number of pyridine rings is 1. The lowest BCUT2D eigenvalue weighted by Gasteiger charge is -2.19. The highest BCUT2D eigenvalue weighted by atomic mass is 32.1. The molecule has 4 aromatic rings. The molecule has 0 fully saturated rings. The van der Waals surface area contributed by atoms with E-state index in [0.29, 0.717) is 22.6 Å². The molecule has 4 rings (SSSR count). The van der Waals surface area contributed by atoms with E-state index in [1.54, 1.807) is 42.7 Å². The lowest BCUT2D eigenvalue weighted by Crippen LogP contribution is -2.22. The topological polar surface area (TPSA) is 87.6 Å². The van der Waals surface area contributed by atoms with Crippen molar-refractivity contribution in [1.29, 1.82) is 0 Å². The Balaban J connectivity index is 1.81. The van der Waals surface area contributed by atoms with Crippen LogP contribution < -0.4 is 10.5 Å². The number of nitrogens with two attached hydrogens (primary N) is 1. The summed E-state index contributed by atoms with van der Waals surface area (Å²) in [5.41, 5.74) is 8.66. The summed E-state index contributed by atoms with van der Waals surface area (Å²) in [5.74, 6) is 0.227. The van der Waals surface area contributed by atoms with Crippen LogP contribution >= 0.6 is 11.3 Å². The summed E-state index contributed by atoms with van der Waals surface area (Å²) in [7, 11) is 0. The van der Waals surface area contributed by atoms with Gasteiger partial charge in [-0.25, -0.2) is 9.78 Å². The Hall–Kier alpha value is -3.58. The average Bonchev–Trinajstić information content (AvgIpc) is 3.48. The molecule has 2 N–H and O–H groups in total. The quantitative estimate of drug-likeness (QED) is 0.406. The van der Waals surface area contributed by atoms with E-state index in [1.807, 2.05) is 47.8 Å². The van der Waals surface area contributed by atoms with E-state index in [-0.39, 0.29) is 18.2 Å². The van der Waals surface area contributed by atoms with Gasteiger partial charge in [0.2, 0.25) is 12.0 Å². The molecule has 0 spiro atoms. The SMILES string of the molecule is CCOC(=O)C(Oc1nc(-c2cccs2)cc(-c2ccco2)c1N)c1ccccc1. The number of furan rings is 1. The molecule has 0 saturated heterocycles. The van der Waals surface area contributed by atoms with Gasteiger partial charge in [-0.3, -0.25) is 0 Å². The molecule has 0 saturated carbocycles. The van der Waals surface area contributed by atoms with Crippen molar-refractivity contribution in [2.45, 2.75) is 13.0 Å². The van der Waals surface area contributed by atoms with E-state index < -0.39 is 12.1 Å². The summed E-state index contributed by atoms with van der Waals surface area (Å²) in [5, 5.41) is 1.96. The second-order valence-corrected chi connectivity index (χ2v) is 7.34. The Bertz CT molecular complexity index is 1110. The number of anilines is 1. The smallest absolute Gasteiger partial charge is 0.352 e. The number of thiophene rings is 1. The minimum absolute atomic E-state index is 0.147. The molecule has 0 aliphatic rings. The van der Waals surface area contributed by atoms with Gasteiger partial charge in [-0.2, -0.15) is 0 Å². The maximum Gasteiger partial charge on any atom is 0.352 e. The van der Waals surface area contributed by atoms with E-state index >= 15 is 0 Å². The van der Waals surface area contributed by atoms with Gasteiger partial charge in [-0.15, -0.1) is 11.3 Å². The number of hydrogen-bond donors (Lipinski definition) is 1. The van der Waals surface area contributed by atoms with E-state index in [0.717, 1.165) is 4.88 Å². The van der Waals surface area contributed by atoms with Crippen molar-refractivity contribution in [2.75, 3.05) is 12.3 Å². The molecular weight excluding hydrogens is 400 g/mol. The molecule has 0 radical (unpaired) electrons. The van der Waals surface area contributed by atoms with Crippen molar-refractivity contribution in [3.8, 4) is 27.8 Å². The van der Waals surface area contributed by atoms with Crippen molar-refractivity contribution in [2.24, 2.45) is 0 Å². The molecule has 152 valence electrons. The molecule has 0 aliphatic carbocycles. The summed E-state index contributed by atoms with van der Waals surface area (Å²) in [6, 6.07) is 18.5. The van der Waals surface area contributed by atoms with Crippen molar-refractivity contribution in [3.05, 3.63) is 77.9 Å². The van der Waals surface area contributed by atoms with Gasteiger partial charge in [0.15, 0.2) is 0 Å². The third kappa shape index (κ3) is 4.06. The number of esters is 1. The molecule has 0 amide bonds. The van der Waals surface area contributed by atoms with E-state index in [4.69, 9.17) is 19.6 Å². The van der Waals surface area contributed by atoms with E-state index in [9.17, 15) is 4.79 Å². The third-order valence-corrected chi connectivity index (χ3v) is 5.31. The average molecular weight is 420 g/mol. The Kier molecular flexibility index (Phi) is 5.81. The number of benzene rings is 1. The van der Waals surface area contributed by atoms with Gasteiger partial charge in [0.1, 0.15) is 11.4 Å². The number of hydrogen-bond acceptors (Lipinski definition) is 7. The molecule has 3 heterocycles. The zero-order chi connectivity index (χ0) is 20.9. The molecule has 6 nitrogen and oxygen atoms in total. The van der Waals surface area contributed by atoms with Crippen LogP contribution in [0.25, 0.3) is 21.9 Å². The van der Waals surface area contributed by atoms with Crippen LogP contribution in [0.5, 0.6) is 5.88 Å². The number of nitrogens with zero attached hydrogens (tertiary/aromatic N) is 1. The number of carbonyl (C=O) groups excluding carboxylic acids is 1. The summed E-state index contributed by atoms with van der Waals surface area (Å²) in [6.07, 6.45) is 0.579. The molecule has 1 aromatic carbocycles. The monoisotopic (exact) mass is 420 g/mol. The summed E-state index contributed by atoms with van der Waals surface area (Å²) in [4.78, 5) is 18.2. The lowest BCUT2D eigenvalue weighted by atomic mass is 10.1. The Morgan fingerprint density at radius 2 is 2.00 bits per heavy atom. The number of ether oxygens (including phenoxy) is 2. The van der Waals surface area contributed by atoms with Crippen LogP contribution in [-0.2, 0) is 9.53 Å². The zero-order valence-corrected chi connectivity index (χ0v) is 17.1. The standard InChI is InChI=1S/C23H20N2O4S/c1-2-27-23(26)21(15-8-4-3-5-9-15)29-22-20(24)16(18-10-6-12-28-18)14-17(25-22)19-11-7-13-30-19/h3-14,21H,2,24H2,1H3. The Morgan fingerprint density at radius 3 is 2.67 bits per heavy atom. The van der Waals surface area contributed by atoms with Gasteiger partial charge in [0, 0.05) is 11.1 Å². The van der Waals surface area contributed by atoms with Crippen LogP contribution in [0.3, 0.4) is 0 Å². The second-order valence-electron chi connectivity index (χ2n) is 6.39. The van der Waals surface area contributed by atoms with Crippen LogP contribution in [0.4, 0.5) is 5.69 Å². The van der Waals surface area contributed by atoms with Crippen LogP contribution in [0, 0.1) is 0 Å². The largest absolute Gasteiger partial charge is 0.464 e. The fraction of sp³-hybridized carbons (Fsp3) is 0.130. The molecule has 0 bridgehead atoms. The number of rotatable bonds is 7. The summed E-state index contributed by atoms with van der Waals surface area (Å²) < 4.78 is 16.9. The molecule has 1 atom stereocenters. The van der Waals surface area contributed by atoms with Gasteiger partial charge in [-0.05, 0) is 36.6 Å². The molecular formula is C23H20N2O4S. The number of aromatic nitrogens is 1. The highest BCUT2D eigenvalue weighted by Gasteiger charge is 2.27. The van der Waals surface area contributed by atoms with Crippen molar-refractivity contribution >= 4 is 23.0 Å². The fourth-order valence-electron chi connectivity index (χ4n) is 3.02. The maximum absolute atomic E-state index is 12.7. The predicted octanol–water partition coefficient (Wildman–Crippen LogP) is 5.34. The zero-order valence-electron chi connectivity index (χ0n) is 16.3. The van der Waals surface area contributed by atoms with Crippen LogP contribution in [0.2, 0.25) is 0 Å². The number of nitrogen functional groups attached to an aromatic ring is 1. The molecule has 30 heavy (non-hydrogen) atoms. The summed E-state index contributed by atoms with van der Waals surface area (Å²) in [6.45, 7) is 1.99. The van der Waals surface area contributed by atoms with Gasteiger partial charge >= 0.3 is 5.97 Å². The normalized spacial score (nSPS) is 11.8. The molecule has 7 heteroatoms. The van der Waals surface area contributed by atoms with Crippen LogP contribution in [0.1, 0.15) is 18.6 Å². The fourth-order valence-corrected chi connectivity index (χ4v) is 3.70. The first-order valence-corrected chi connectivity index (χ1v) is 10.3. The van der Waals surface area contributed by atoms with Gasteiger partial charge < -0.3 is 19.6 Å². The van der Waals surface area contributed by atoms with Crippen LogP contribution in [-0.4, -0.2) is 17.6 Å². The minimum atomic E-state index is -0.996. The third-order valence-electron chi connectivity index (χ3n) is 4.42. The first-order valence-electron chi connectivity index (χ1n) is 9.44. The van der Waals surface area contributed by atoms with Crippen LogP contribution in [0.15, 0.2) is 76.7 Å². The van der Waals surface area contributed by atoms with Gasteiger partial charge in [0.05, 0.1) is 23.4 Å². The maximum atomic E-state index is 12.7. The minimum Gasteiger partial charge on any atom is -0.464 e. The van der Waals surface area contributed by atoms with E-state index in [2.05, 4.69) is 4.98 Å². The predicted molar refractivity (Wildman–Crippen MR) is 116 cm³/mol. The highest BCUT2D eigenvalue weighted by molar-refractivity contribution is 7.13. The second kappa shape index (κ2) is 8.84. The van der Waals surface area contributed by atoms with Crippen molar-refractivity contribution in [3.63, 3.8) is 0 Å². The van der Waals surface area contributed by atoms with Gasteiger partial charge in [-0.1, -0.05) is 36.4 Å². The molecule has 0 aliphatic heterocycles. The van der Waals surface area contributed by atoms with Crippen molar-refractivity contribution in [1.82, 2.24) is 4.98 Å². The van der Waals surface area contributed by atoms with Crippen molar-refractivity contribution < 1.29 is 18.7 Å². The van der Waals surface area contributed by atoms with E-state index in [1.165, 1.54) is 0 Å². The molecule has 1 unspecified atom stereocenters. The molecule has 3 aromatic heterocycles. The first-order chi connectivity index (χ1) is 14.7. The lowest BCUT2D eigenvalue weighted by molar-refractivity contribution is -0.151. The Morgan fingerprint density at radius 1 is 1.17 bits per heavy atom. The number of carbonyl (C=O) groups is 1.